The van der Waals surface area contributed by atoms with E-state index in [1.807, 2.05) is 24.3 Å². The van der Waals surface area contributed by atoms with Gasteiger partial charge < -0.3 is 18.3 Å². The molecule has 0 fully saturated rings. The van der Waals surface area contributed by atoms with Crippen LogP contribution < -0.4 is 4.90 Å². The zero-order valence-corrected chi connectivity index (χ0v) is 28.0. The van der Waals surface area contributed by atoms with E-state index in [1.165, 1.54) is 27.4 Å². The molecule has 11 rings (SSSR count). The Labute approximate surface area is 299 Å². The molecule has 0 bridgehead atoms. The molecule has 0 spiro atoms. The van der Waals surface area contributed by atoms with Crippen molar-refractivity contribution in [3.8, 4) is 16.8 Å². The highest BCUT2D eigenvalue weighted by molar-refractivity contribution is 6.15. The van der Waals surface area contributed by atoms with Gasteiger partial charge in [-0.2, -0.15) is 0 Å². The quantitative estimate of drug-likeness (QED) is 0.183. The standard InChI is InChI=1S/C48H30N2O2/c1-2-13-32(14-3-1)50-41-22-7-4-15-35(41)38-19-10-18-34(46(38)50)31-27-29-33(30-28-31)49(42-23-11-20-39-36-16-5-8-25-44(36)51-47(39)42)43-24-12-21-40-37-17-6-9-26-45(37)52-48(40)43/h1-30H. The van der Waals surface area contributed by atoms with Crippen LogP contribution in [0.2, 0.25) is 0 Å². The molecule has 4 heteroatoms. The highest BCUT2D eigenvalue weighted by atomic mass is 16.3. The van der Waals surface area contributed by atoms with Gasteiger partial charge in [0.1, 0.15) is 11.2 Å². The Morgan fingerprint density at radius 1 is 0.385 bits per heavy atom. The lowest BCUT2D eigenvalue weighted by molar-refractivity contribution is 0.666. The summed E-state index contributed by atoms with van der Waals surface area (Å²) in [6, 6.07) is 64.1. The summed E-state index contributed by atoms with van der Waals surface area (Å²) in [7, 11) is 0. The summed E-state index contributed by atoms with van der Waals surface area (Å²) in [6.45, 7) is 0. The molecule has 0 radical (unpaired) electrons. The van der Waals surface area contributed by atoms with Crippen molar-refractivity contribution >= 4 is 82.7 Å². The van der Waals surface area contributed by atoms with Crippen LogP contribution in [0, 0.1) is 0 Å². The first kappa shape index (κ1) is 28.8. The Balaban J connectivity index is 1.14. The number of fused-ring (bicyclic) bond motifs is 9. The summed E-state index contributed by atoms with van der Waals surface area (Å²) in [6.07, 6.45) is 0. The molecule has 11 aromatic rings. The van der Waals surface area contributed by atoms with Gasteiger partial charge in [-0.1, -0.05) is 127 Å². The van der Waals surface area contributed by atoms with E-state index in [0.29, 0.717) is 0 Å². The van der Waals surface area contributed by atoms with Gasteiger partial charge in [0.2, 0.25) is 0 Å². The van der Waals surface area contributed by atoms with Crippen molar-refractivity contribution < 1.29 is 8.83 Å². The summed E-state index contributed by atoms with van der Waals surface area (Å²) < 4.78 is 15.7. The number of hydrogen-bond acceptors (Lipinski definition) is 3. The SMILES string of the molecule is c1ccc(-n2c3ccccc3c3cccc(-c4ccc(N(c5cccc6c5oc5ccccc56)c5cccc6c5oc5ccccc56)cc4)c32)cc1. The number of hydrogen-bond donors (Lipinski definition) is 0. The van der Waals surface area contributed by atoms with Crippen molar-refractivity contribution in [3.05, 3.63) is 182 Å². The number of anilines is 3. The zero-order chi connectivity index (χ0) is 34.2. The van der Waals surface area contributed by atoms with Gasteiger partial charge in [-0.15, -0.1) is 0 Å². The van der Waals surface area contributed by atoms with Crippen LogP contribution in [0.4, 0.5) is 17.1 Å². The third-order valence-corrected chi connectivity index (χ3v) is 10.4. The van der Waals surface area contributed by atoms with Gasteiger partial charge in [-0.05, 0) is 60.2 Å². The number of benzene rings is 8. The van der Waals surface area contributed by atoms with Gasteiger partial charge >= 0.3 is 0 Å². The molecule has 0 aliphatic heterocycles. The minimum atomic E-state index is 0.832. The molecule has 0 amide bonds. The predicted octanol–water partition coefficient (Wildman–Crippen LogP) is 13.7. The van der Waals surface area contributed by atoms with E-state index in [2.05, 4.69) is 167 Å². The van der Waals surface area contributed by atoms with Gasteiger partial charge in [-0.3, -0.25) is 0 Å². The molecule has 3 heterocycles. The van der Waals surface area contributed by atoms with Crippen molar-refractivity contribution in [1.29, 1.82) is 0 Å². The maximum Gasteiger partial charge on any atom is 0.159 e. The third kappa shape index (κ3) is 4.21. The van der Waals surface area contributed by atoms with Gasteiger partial charge in [0.05, 0.1) is 22.4 Å². The molecule has 0 saturated carbocycles. The molecular weight excluding hydrogens is 637 g/mol. The second-order valence-electron chi connectivity index (χ2n) is 13.3. The van der Waals surface area contributed by atoms with E-state index in [4.69, 9.17) is 8.83 Å². The van der Waals surface area contributed by atoms with Crippen molar-refractivity contribution in [2.24, 2.45) is 0 Å². The summed E-state index contributed by atoms with van der Waals surface area (Å²) >= 11 is 0. The fourth-order valence-corrected chi connectivity index (χ4v) is 8.11. The van der Waals surface area contributed by atoms with Gasteiger partial charge in [0.25, 0.3) is 0 Å². The highest BCUT2D eigenvalue weighted by Crippen LogP contribution is 2.46. The largest absolute Gasteiger partial charge is 0.454 e. The lowest BCUT2D eigenvalue weighted by Gasteiger charge is -2.26. The van der Waals surface area contributed by atoms with Crippen molar-refractivity contribution in [2.75, 3.05) is 4.90 Å². The van der Waals surface area contributed by atoms with Crippen LogP contribution in [0.3, 0.4) is 0 Å². The Morgan fingerprint density at radius 2 is 0.904 bits per heavy atom. The van der Waals surface area contributed by atoms with Gasteiger partial charge in [-0.25, -0.2) is 0 Å². The number of rotatable bonds is 5. The molecule has 0 atom stereocenters. The maximum absolute atomic E-state index is 6.63. The van der Waals surface area contributed by atoms with Crippen LogP contribution in [-0.4, -0.2) is 4.57 Å². The lowest BCUT2D eigenvalue weighted by atomic mass is 10.0. The highest BCUT2D eigenvalue weighted by Gasteiger charge is 2.24. The first-order valence-electron chi connectivity index (χ1n) is 17.6. The minimum absolute atomic E-state index is 0.832. The number of nitrogens with zero attached hydrogens (tertiary/aromatic N) is 2. The molecule has 0 unspecified atom stereocenters. The lowest BCUT2D eigenvalue weighted by Crippen LogP contribution is -2.10. The fraction of sp³-hybridized carbons (Fsp3) is 0. The molecule has 52 heavy (non-hydrogen) atoms. The minimum Gasteiger partial charge on any atom is -0.454 e. The van der Waals surface area contributed by atoms with E-state index in [9.17, 15) is 0 Å². The smallest absolute Gasteiger partial charge is 0.159 e. The van der Waals surface area contributed by atoms with Crippen LogP contribution in [-0.2, 0) is 0 Å². The fourth-order valence-electron chi connectivity index (χ4n) is 8.11. The third-order valence-electron chi connectivity index (χ3n) is 10.4. The number of furan rings is 2. The summed E-state index contributed by atoms with van der Waals surface area (Å²) in [5.74, 6) is 0. The molecule has 4 nitrogen and oxygen atoms in total. The summed E-state index contributed by atoms with van der Waals surface area (Å²) in [4.78, 5) is 2.28. The monoisotopic (exact) mass is 666 g/mol. The molecule has 244 valence electrons. The molecule has 0 saturated heterocycles. The summed E-state index contributed by atoms with van der Waals surface area (Å²) in [5, 5.41) is 6.82. The van der Waals surface area contributed by atoms with Crippen molar-refractivity contribution in [1.82, 2.24) is 4.57 Å². The Morgan fingerprint density at radius 3 is 1.56 bits per heavy atom. The molecule has 8 aromatic carbocycles. The second kappa shape index (κ2) is 11.2. The summed E-state index contributed by atoms with van der Waals surface area (Å²) in [5.41, 5.74) is 12.1. The van der Waals surface area contributed by atoms with E-state index >= 15 is 0 Å². The van der Waals surface area contributed by atoms with Crippen LogP contribution in [0.15, 0.2) is 191 Å². The average molecular weight is 667 g/mol. The normalized spacial score (nSPS) is 11.8. The van der Waals surface area contributed by atoms with Crippen LogP contribution in [0.25, 0.3) is 82.5 Å². The van der Waals surface area contributed by atoms with Gasteiger partial charge in [0, 0.05) is 49.3 Å². The Bertz CT molecular complexity index is 3020. The molecule has 3 aromatic heterocycles. The average Bonchev–Trinajstić information content (AvgIpc) is 3.89. The van der Waals surface area contributed by atoms with E-state index in [0.717, 1.165) is 72.2 Å². The first-order valence-corrected chi connectivity index (χ1v) is 17.6. The van der Waals surface area contributed by atoms with E-state index in [-0.39, 0.29) is 0 Å². The molecule has 0 aliphatic carbocycles. The maximum atomic E-state index is 6.63. The Kier molecular flexibility index (Phi) is 6.22. The first-order chi connectivity index (χ1) is 25.8. The van der Waals surface area contributed by atoms with Gasteiger partial charge in [0.15, 0.2) is 11.2 Å². The van der Waals surface area contributed by atoms with Crippen LogP contribution in [0.5, 0.6) is 0 Å². The second-order valence-corrected chi connectivity index (χ2v) is 13.3. The number of para-hydroxylation sites is 7. The van der Waals surface area contributed by atoms with Crippen LogP contribution in [0.1, 0.15) is 0 Å². The molecule has 0 N–H and O–H groups in total. The van der Waals surface area contributed by atoms with Crippen molar-refractivity contribution in [2.45, 2.75) is 0 Å². The molecular formula is C48H30N2O2. The van der Waals surface area contributed by atoms with Crippen molar-refractivity contribution in [3.63, 3.8) is 0 Å². The predicted molar refractivity (Wildman–Crippen MR) is 215 cm³/mol. The van der Waals surface area contributed by atoms with Crippen LogP contribution >= 0.6 is 0 Å². The van der Waals surface area contributed by atoms with E-state index < -0.39 is 0 Å². The topological polar surface area (TPSA) is 34.5 Å². The number of aromatic nitrogens is 1. The zero-order valence-electron chi connectivity index (χ0n) is 28.0. The molecule has 0 aliphatic rings. The van der Waals surface area contributed by atoms with E-state index in [1.54, 1.807) is 0 Å². The Hall–Kier alpha value is -7.04.